The Labute approximate surface area is 208 Å². The maximum atomic E-state index is 2.35. The van der Waals surface area contributed by atoms with Crippen molar-refractivity contribution in [1.82, 2.24) is 0 Å². The molecule has 0 unspecified atom stereocenters. The molecule has 0 aromatic heterocycles. The zero-order valence-corrected chi connectivity index (χ0v) is 20.5. The Bertz CT molecular complexity index is 1510. The summed E-state index contributed by atoms with van der Waals surface area (Å²) in [6, 6.07) is 43.8. The number of hydrogen-bond donors (Lipinski definition) is 0. The van der Waals surface area contributed by atoms with Gasteiger partial charge in [-0.15, -0.1) is 0 Å². The van der Waals surface area contributed by atoms with Crippen molar-refractivity contribution in [2.24, 2.45) is 0 Å². The standard InChI is InChI=1S/C34H29N/c1-34(2)31-18-9-7-15-29(31)30-17-11-16-28(33(30)34)25-20-22-26(23-21-25)35(3)32-19-10-8-14-27(32)24-12-5-4-6-13-24/h4-23H,1-3H3. The number of hydrogen-bond acceptors (Lipinski definition) is 1. The molecule has 1 nitrogen and oxygen atoms in total. The van der Waals surface area contributed by atoms with Crippen molar-refractivity contribution in [1.29, 1.82) is 0 Å². The third-order valence-corrected chi connectivity index (χ3v) is 7.50. The van der Waals surface area contributed by atoms with Gasteiger partial charge >= 0.3 is 0 Å². The molecule has 1 aliphatic carbocycles. The number of benzene rings is 5. The van der Waals surface area contributed by atoms with E-state index in [9.17, 15) is 0 Å². The van der Waals surface area contributed by atoms with Gasteiger partial charge in [-0.3, -0.25) is 0 Å². The summed E-state index contributed by atoms with van der Waals surface area (Å²) in [6.45, 7) is 4.70. The Morgan fingerprint density at radius 2 is 1.06 bits per heavy atom. The minimum absolute atomic E-state index is 0.0212. The number of nitrogens with zero attached hydrogens (tertiary/aromatic N) is 1. The van der Waals surface area contributed by atoms with E-state index < -0.39 is 0 Å². The van der Waals surface area contributed by atoms with Crippen LogP contribution in [0.4, 0.5) is 11.4 Å². The van der Waals surface area contributed by atoms with Crippen LogP contribution in [0.2, 0.25) is 0 Å². The van der Waals surface area contributed by atoms with Crippen LogP contribution in [0.5, 0.6) is 0 Å². The lowest BCUT2D eigenvalue weighted by atomic mass is 9.79. The lowest BCUT2D eigenvalue weighted by molar-refractivity contribution is 0.662. The van der Waals surface area contributed by atoms with Gasteiger partial charge in [0.25, 0.3) is 0 Å². The summed E-state index contributed by atoms with van der Waals surface area (Å²) in [4.78, 5) is 2.28. The molecule has 0 fully saturated rings. The molecule has 1 aliphatic rings. The van der Waals surface area contributed by atoms with Crippen molar-refractivity contribution in [3.8, 4) is 33.4 Å². The lowest BCUT2D eigenvalue weighted by Crippen LogP contribution is -2.16. The van der Waals surface area contributed by atoms with Gasteiger partial charge in [0.2, 0.25) is 0 Å². The van der Waals surface area contributed by atoms with Crippen molar-refractivity contribution in [3.63, 3.8) is 0 Å². The SMILES string of the molecule is CN(c1ccc(-c2cccc3c2C(C)(C)c2ccccc2-3)cc1)c1ccccc1-c1ccccc1. The van der Waals surface area contributed by atoms with E-state index in [0.717, 1.165) is 0 Å². The van der Waals surface area contributed by atoms with Gasteiger partial charge in [-0.1, -0.05) is 117 Å². The van der Waals surface area contributed by atoms with Crippen LogP contribution in [0.25, 0.3) is 33.4 Å². The predicted molar refractivity (Wildman–Crippen MR) is 149 cm³/mol. The molecule has 0 radical (unpaired) electrons. The van der Waals surface area contributed by atoms with Crippen molar-refractivity contribution in [3.05, 3.63) is 132 Å². The highest BCUT2D eigenvalue weighted by molar-refractivity contribution is 5.89. The maximum Gasteiger partial charge on any atom is 0.0487 e. The molecule has 0 heterocycles. The number of fused-ring (bicyclic) bond motifs is 3. The second-order valence-electron chi connectivity index (χ2n) is 9.89. The van der Waals surface area contributed by atoms with Crippen molar-refractivity contribution in [2.75, 3.05) is 11.9 Å². The first-order valence-electron chi connectivity index (χ1n) is 12.3. The molecule has 0 N–H and O–H groups in total. The van der Waals surface area contributed by atoms with Crippen molar-refractivity contribution in [2.45, 2.75) is 19.3 Å². The largest absolute Gasteiger partial charge is 0.344 e. The number of para-hydroxylation sites is 1. The van der Waals surface area contributed by atoms with E-state index in [1.54, 1.807) is 0 Å². The molecule has 0 bridgehead atoms. The Hall–Kier alpha value is -4.10. The van der Waals surface area contributed by atoms with E-state index in [0.29, 0.717) is 0 Å². The van der Waals surface area contributed by atoms with Gasteiger partial charge in [0.05, 0.1) is 0 Å². The van der Waals surface area contributed by atoms with Gasteiger partial charge in [-0.05, 0) is 57.1 Å². The fourth-order valence-electron chi connectivity index (χ4n) is 5.72. The molecule has 170 valence electrons. The molecule has 0 spiro atoms. The van der Waals surface area contributed by atoms with Gasteiger partial charge in [0.15, 0.2) is 0 Å². The summed E-state index contributed by atoms with van der Waals surface area (Å²) < 4.78 is 0. The molecule has 0 saturated heterocycles. The molecule has 5 aromatic carbocycles. The van der Waals surface area contributed by atoms with Crippen LogP contribution < -0.4 is 4.90 Å². The van der Waals surface area contributed by atoms with Crippen molar-refractivity contribution >= 4 is 11.4 Å². The normalized spacial score (nSPS) is 13.2. The molecule has 6 rings (SSSR count). The average Bonchev–Trinajstić information content (AvgIpc) is 3.16. The Balaban J connectivity index is 1.38. The van der Waals surface area contributed by atoms with Gasteiger partial charge in [-0.25, -0.2) is 0 Å². The topological polar surface area (TPSA) is 3.24 Å². The molecular formula is C34H29N. The van der Waals surface area contributed by atoms with E-state index in [-0.39, 0.29) is 5.41 Å². The third-order valence-electron chi connectivity index (χ3n) is 7.50. The highest BCUT2D eigenvalue weighted by atomic mass is 15.1. The molecule has 35 heavy (non-hydrogen) atoms. The molecule has 1 heteroatoms. The first-order chi connectivity index (χ1) is 17.1. The second-order valence-corrected chi connectivity index (χ2v) is 9.89. The molecule has 0 aliphatic heterocycles. The maximum absolute atomic E-state index is 2.35. The molecule has 5 aromatic rings. The van der Waals surface area contributed by atoms with E-state index in [2.05, 4.69) is 147 Å². The Kier molecular flexibility index (Phi) is 5.07. The summed E-state index contributed by atoms with van der Waals surface area (Å²) in [5.41, 5.74) is 13.0. The van der Waals surface area contributed by atoms with E-state index in [1.165, 1.54) is 55.9 Å². The summed E-state index contributed by atoms with van der Waals surface area (Å²) in [7, 11) is 2.15. The molecule has 0 amide bonds. The second kappa shape index (κ2) is 8.29. The summed E-state index contributed by atoms with van der Waals surface area (Å²) in [6.07, 6.45) is 0. The smallest absolute Gasteiger partial charge is 0.0487 e. The molecule has 0 atom stereocenters. The average molecular weight is 452 g/mol. The van der Waals surface area contributed by atoms with Gasteiger partial charge in [0.1, 0.15) is 0 Å². The van der Waals surface area contributed by atoms with Gasteiger partial charge in [-0.2, -0.15) is 0 Å². The summed E-state index contributed by atoms with van der Waals surface area (Å²) in [5, 5.41) is 0. The van der Waals surface area contributed by atoms with Crippen LogP contribution in [0, 0.1) is 0 Å². The van der Waals surface area contributed by atoms with Crippen LogP contribution in [0.3, 0.4) is 0 Å². The van der Waals surface area contributed by atoms with Crippen LogP contribution in [0.15, 0.2) is 121 Å². The summed E-state index contributed by atoms with van der Waals surface area (Å²) >= 11 is 0. The van der Waals surface area contributed by atoms with Crippen LogP contribution in [-0.4, -0.2) is 7.05 Å². The fraction of sp³-hybridized carbons (Fsp3) is 0.118. The predicted octanol–water partition coefficient (Wildman–Crippen LogP) is 9.09. The third kappa shape index (κ3) is 3.47. The monoisotopic (exact) mass is 451 g/mol. The highest BCUT2D eigenvalue weighted by Gasteiger charge is 2.37. The lowest BCUT2D eigenvalue weighted by Gasteiger charge is -2.25. The van der Waals surface area contributed by atoms with Crippen LogP contribution >= 0.6 is 0 Å². The summed E-state index contributed by atoms with van der Waals surface area (Å²) in [5.74, 6) is 0. The van der Waals surface area contributed by atoms with E-state index >= 15 is 0 Å². The Morgan fingerprint density at radius 1 is 0.486 bits per heavy atom. The van der Waals surface area contributed by atoms with Crippen molar-refractivity contribution < 1.29 is 0 Å². The number of anilines is 2. The van der Waals surface area contributed by atoms with Crippen LogP contribution in [-0.2, 0) is 5.41 Å². The quantitative estimate of drug-likeness (QED) is 0.263. The fourth-order valence-corrected chi connectivity index (χ4v) is 5.72. The minimum atomic E-state index is -0.0212. The molecule has 0 saturated carbocycles. The van der Waals surface area contributed by atoms with Gasteiger partial charge < -0.3 is 4.90 Å². The van der Waals surface area contributed by atoms with E-state index in [4.69, 9.17) is 0 Å². The highest BCUT2D eigenvalue weighted by Crippen LogP contribution is 2.52. The first-order valence-corrected chi connectivity index (χ1v) is 12.3. The van der Waals surface area contributed by atoms with Crippen LogP contribution in [0.1, 0.15) is 25.0 Å². The molecular weight excluding hydrogens is 422 g/mol. The number of rotatable bonds is 4. The van der Waals surface area contributed by atoms with E-state index in [1.807, 2.05) is 0 Å². The zero-order valence-electron chi connectivity index (χ0n) is 20.5. The first kappa shape index (κ1) is 21.4. The van der Waals surface area contributed by atoms with Gasteiger partial charge in [0, 0.05) is 29.4 Å². The minimum Gasteiger partial charge on any atom is -0.344 e. The zero-order chi connectivity index (χ0) is 24.0. The Morgan fingerprint density at radius 3 is 1.83 bits per heavy atom.